The van der Waals surface area contributed by atoms with Crippen LogP contribution in [0.15, 0.2) is 18.2 Å². The van der Waals surface area contributed by atoms with Crippen molar-refractivity contribution < 1.29 is 19.7 Å². The predicted molar refractivity (Wildman–Crippen MR) is 79.9 cm³/mol. The highest BCUT2D eigenvalue weighted by Gasteiger charge is 2.37. The summed E-state index contributed by atoms with van der Waals surface area (Å²) in [4.78, 5) is 11.7. The molecule has 0 bridgehead atoms. The summed E-state index contributed by atoms with van der Waals surface area (Å²) >= 11 is 0. The second-order valence-electron chi connectivity index (χ2n) is 5.91. The van der Waals surface area contributed by atoms with Crippen molar-refractivity contribution >= 4 is 5.78 Å². The van der Waals surface area contributed by atoms with Gasteiger partial charge in [-0.05, 0) is 23.6 Å². The van der Waals surface area contributed by atoms with E-state index in [9.17, 15) is 15.0 Å². The molecule has 4 nitrogen and oxygen atoms in total. The molecule has 0 saturated heterocycles. The molecule has 0 aromatic heterocycles. The molecule has 0 fully saturated rings. The van der Waals surface area contributed by atoms with Gasteiger partial charge in [0.05, 0.1) is 18.8 Å². The van der Waals surface area contributed by atoms with E-state index < -0.39 is 0 Å². The standard InChI is InChI=1S/C17H24O4/c1-10(12(3)20)17-11(2)14-5-4-13(9-19)8-15(14)16(21-17)6-7-18/h4-5,8,10-11,16-19H,6-7,9H2,1-3H3. The Morgan fingerprint density at radius 1 is 1.33 bits per heavy atom. The number of carbonyl (C=O) groups is 1. The van der Waals surface area contributed by atoms with E-state index in [1.807, 2.05) is 25.1 Å². The van der Waals surface area contributed by atoms with Crippen LogP contribution in [0.5, 0.6) is 0 Å². The highest BCUT2D eigenvalue weighted by atomic mass is 16.5. The van der Waals surface area contributed by atoms with Gasteiger partial charge >= 0.3 is 0 Å². The molecule has 0 amide bonds. The van der Waals surface area contributed by atoms with Gasteiger partial charge in [-0.15, -0.1) is 0 Å². The number of aliphatic hydroxyl groups is 2. The Balaban J connectivity index is 2.41. The zero-order valence-electron chi connectivity index (χ0n) is 12.9. The zero-order chi connectivity index (χ0) is 15.6. The second kappa shape index (κ2) is 6.69. The average molecular weight is 292 g/mol. The Labute approximate surface area is 125 Å². The van der Waals surface area contributed by atoms with Crippen molar-refractivity contribution in [3.63, 3.8) is 0 Å². The SMILES string of the molecule is CC(=O)C(C)C1OC(CCO)c2cc(CO)ccc2C1C. The van der Waals surface area contributed by atoms with Crippen LogP contribution in [0.2, 0.25) is 0 Å². The maximum absolute atomic E-state index is 11.7. The van der Waals surface area contributed by atoms with E-state index in [0.29, 0.717) is 6.42 Å². The van der Waals surface area contributed by atoms with Crippen LogP contribution in [-0.2, 0) is 16.1 Å². The number of ether oxygens (including phenoxy) is 1. The molecular weight excluding hydrogens is 268 g/mol. The van der Waals surface area contributed by atoms with E-state index in [4.69, 9.17) is 4.74 Å². The molecule has 4 atom stereocenters. The molecular formula is C17H24O4. The van der Waals surface area contributed by atoms with Crippen LogP contribution in [-0.4, -0.2) is 28.7 Å². The van der Waals surface area contributed by atoms with Crippen LogP contribution in [0.4, 0.5) is 0 Å². The summed E-state index contributed by atoms with van der Waals surface area (Å²) in [6.45, 7) is 5.57. The van der Waals surface area contributed by atoms with Crippen molar-refractivity contribution in [1.29, 1.82) is 0 Å². The van der Waals surface area contributed by atoms with Gasteiger partial charge in [-0.1, -0.05) is 32.0 Å². The van der Waals surface area contributed by atoms with Gasteiger partial charge in [-0.2, -0.15) is 0 Å². The first-order chi connectivity index (χ1) is 9.99. The van der Waals surface area contributed by atoms with Crippen molar-refractivity contribution in [3.05, 3.63) is 34.9 Å². The second-order valence-corrected chi connectivity index (χ2v) is 5.91. The summed E-state index contributed by atoms with van der Waals surface area (Å²) in [5, 5.41) is 18.6. The number of hydrogen-bond donors (Lipinski definition) is 2. The Bertz CT molecular complexity index is 512. The molecule has 1 heterocycles. The molecule has 0 saturated carbocycles. The van der Waals surface area contributed by atoms with Gasteiger partial charge < -0.3 is 14.9 Å². The zero-order valence-corrected chi connectivity index (χ0v) is 12.9. The summed E-state index contributed by atoms with van der Waals surface area (Å²) in [7, 11) is 0. The lowest BCUT2D eigenvalue weighted by Gasteiger charge is -2.39. The Hall–Kier alpha value is -1.23. The molecule has 4 unspecified atom stereocenters. The highest BCUT2D eigenvalue weighted by molar-refractivity contribution is 5.78. The van der Waals surface area contributed by atoms with Crippen LogP contribution >= 0.6 is 0 Å². The van der Waals surface area contributed by atoms with Gasteiger partial charge in [-0.3, -0.25) is 4.79 Å². The maximum Gasteiger partial charge on any atom is 0.135 e. The quantitative estimate of drug-likeness (QED) is 0.874. The van der Waals surface area contributed by atoms with Crippen LogP contribution < -0.4 is 0 Å². The summed E-state index contributed by atoms with van der Waals surface area (Å²) < 4.78 is 6.13. The molecule has 116 valence electrons. The number of hydrogen-bond acceptors (Lipinski definition) is 4. The molecule has 1 aromatic carbocycles. The summed E-state index contributed by atoms with van der Waals surface area (Å²) in [5.41, 5.74) is 3.01. The summed E-state index contributed by atoms with van der Waals surface area (Å²) in [5.74, 6) is 0.0541. The third-order valence-corrected chi connectivity index (χ3v) is 4.51. The summed E-state index contributed by atoms with van der Waals surface area (Å²) in [6.07, 6.45) is 0.0986. The number of carbonyl (C=O) groups excluding carboxylic acids is 1. The van der Waals surface area contributed by atoms with Gasteiger partial charge in [0.25, 0.3) is 0 Å². The molecule has 1 aliphatic heterocycles. The van der Waals surface area contributed by atoms with E-state index >= 15 is 0 Å². The first kappa shape index (κ1) is 16.1. The monoisotopic (exact) mass is 292 g/mol. The van der Waals surface area contributed by atoms with E-state index in [2.05, 4.69) is 6.92 Å². The number of rotatable bonds is 5. The minimum absolute atomic E-state index is 0.0131. The number of aliphatic hydroxyl groups excluding tert-OH is 2. The number of benzene rings is 1. The number of Topliss-reactive ketones (excluding diaryl/α,β-unsaturated/α-hetero) is 1. The van der Waals surface area contributed by atoms with Crippen LogP contribution in [0.1, 0.15) is 55.9 Å². The smallest absolute Gasteiger partial charge is 0.135 e. The van der Waals surface area contributed by atoms with E-state index in [0.717, 1.165) is 16.7 Å². The van der Waals surface area contributed by atoms with Gasteiger partial charge in [0.15, 0.2) is 0 Å². The summed E-state index contributed by atoms with van der Waals surface area (Å²) in [6, 6.07) is 5.87. The largest absolute Gasteiger partial charge is 0.396 e. The molecule has 1 aromatic rings. The van der Waals surface area contributed by atoms with Gasteiger partial charge in [-0.25, -0.2) is 0 Å². The van der Waals surface area contributed by atoms with E-state index in [-0.39, 0.29) is 43.0 Å². The molecule has 2 N–H and O–H groups in total. The fraction of sp³-hybridized carbons (Fsp3) is 0.588. The van der Waals surface area contributed by atoms with Gasteiger partial charge in [0.2, 0.25) is 0 Å². The number of ketones is 1. The topological polar surface area (TPSA) is 66.8 Å². The molecule has 4 heteroatoms. The average Bonchev–Trinajstić information content (AvgIpc) is 2.48. The first-order valence-electron chi connectivity index (χ1n) is 7.50. The molecule has 1 aliphatic rings. The van der Waals surface area contributed by atoms with Crippen molar-refractivity contribution in [1.82, 2.24) is 0 Å². The van der Waals surface area contributed by atoms with E-state index in [1.165, 1.54) is 0 Å². The molecule has 0 radical (unpaired) electrons. The molecule has 21 heavy (non-hydrogen) atoms. The maximum atomic E-state index is 11.7. The molecule has 0 spiro atoms. The molecule has 2 rings (SSSR count). The third-order valence-electron chi connectivity index (χ3n) is 4.51. The van der Waals surface area contributed by atoms with Crippen molar-refractivity contribution in [2.45, 2.75) is 51.9 Å². The lowest BCUT2D eigenvalue weighted by Crippen LogP contribution is -2.37. The van der Waals surface area contributed by atoms with Crippen LogP contribution in [0, 0.1) is 5.92 Å². The van der Waals surface area contributed by atoms with Gasteiger partial charge in [0.1, 0.15) is 5.78 Å². The Kier molecular flexibility index (Phi) is 5.14. The fourth-order valence-electron chi connectivity index (χ4n) is 3.10. The fourth-order valence-corrected chi connectivity index (χ4v) is 3.10. The Morgan fingerprint density at radius 2 is 2.05 bits per heavy atom. The minimum atomic E-state index is -0.223. The first-order valence-corrected chi connectivity index (χ1v) is 7.50. The molecule has 0 aliphatic carbocycles. The van der Waals surface area contributed by atoms with Crippen molar-refractivity contribution in [2.24, 2.45) is 5.92 Å². The third kappa shape index (κ3) is 3.18. The predicted octanol–water partition coefficient (Wildman–Crippen LogP) is 2.33. The number of fused-ring (bicyclic) bond motifs is 1. The van der Waals surface area contributed by atoms with Crippen LogP contribution in [0.3, 0.4) is 0 Å². The minimum Gasteiger partial charge on any atom is -0.396 e. The lowest BCUT2D eigenvalue weighted by atomic mass is 9.79. The normalized spacial score (nSPS) is 26.2. The highest BCUT2D eigenvalue weighted by Crippen LogP contribution is 2.42. The van der Waals surface area contributed by atoms with E-state index in [1.54, 1.807) is 6.92 Å². The van der Waals surface area contributed by atoms with Gasteiger partial charge in [0, 0.05) is 24.9 Å². The van der Waals surface area contributed by atoms with Crippen LogP contribution in [0.25, 0.3) is 0 Å². The van der Waals surface area contributed by atoms with Crippen molar-refractivity contribution in [3.8, 4) is 0 Å². The Morgan fingerprint density at radius 3 is 2.62 bits per heavy atom. The van der Waals surface area contributed by atoms with Crippen molar-refractivity contribution in [2.75, 3.05) is 6.61 Å². The lowest BCUT2D eigenvalue weighted by molar-refractivity contribution is -0.131.